The lowest BCUT2D eigenvalue weighted by Gasteiger charge is -2.22. The van der Waals surface area contributed by atoms with Gasteiger partial charge in [0.2, 0.25) is 0 Å². The molecule has 1 N–H and O–H groups in total. The summed E-state index contributed by atoms with van der Waals surface area (Å²) in [6.45, 7) is 6.57. The lowest BCUT2D eigenvalue weighted by atomic mass is 9.90. The number of para-hydroxylation sites is 1. The van der Waals surface area contributed by atoms with Gasteiger partial charge in [-0.2, -0.15) is 0 Å². The van der Waals surface area contributed by atoms with Crippen molar-refractivity contribution in [3.8, 4) is 11.5 Å². The molecule has 0 bridgehead atoms. The Bertz CT molecular complexity index is 752. The normalized spacial score (nSPS) is 15.5. The second kappa shape index (κ2) is 11.9. The fourth-order valence-corrected chi connectivity index (χ4v) is 3.41. The van der Waals surface area contributed by atoms with Gasteiger partial charge in [0.1, 0.15) is 6.61 Å². The zero-order chi connectivity index (χ0) is 20.2. The molecule has 0 heterocycles. The average molecular weight is 380 g/mol. The third-order valence-electron chi connectivity index (χ3n) is 5.02. The van der Waals surface area contributed by atoms with E-state index in [1.54, 1.807) is 13.2 Å². The Hall–Kier alpha value is -2.68. The standard InChI is InChI=1S/C16H16O2.C9H17N/c1-3-14-10-7-11-15(17-2)16(14)18-12-13-8-5-4-6-9-13;1-3-8-6-4-5-7-9(8)10-2/h3-11H,1,12H2,2H3;7-8,10H,3-6H2,1-2H3. The Morgan fingerprint density at radius 1 is 1.14 bits per heavy atom. The third kappa shape index (κ3) is 6.19. The molecular formula is C25H33NO2. The lowest BCUT2D eigenvalue weighted by molar-refractivity contribution is 0.284. The van der Waals surface area contributed by atoms with Gasteiger partial charge in [0, 0.05) is 18.3 Å². The van der Waals surface area contributed by atoms with Crippen molar-refractivity contribution in [2.45, 2.75) is 39.2 Å². The minimum atomic E-state index is 0.516. The van der Waals surface area contributed by atoms with Crippen LogP contribution in [0.5, 0.6) is 11.5 Å². The molecule has 0 saturated carbocycles. The number of ether oxygens (including phenoxy) is 2. The Morgan fingerprint density at radius 3 is 2.54 bits per heavy atom. The first kappa shape index (κ1) is 21.6. The molecule has 0 fully saturated rings. The van der Waals surface area contributed by atoms with E-state index in [1.165, 1.54) is 31.4 Å². The molecule has 0 amide bonds. The topological polar surface area (TPSA) is 30.5 Å². The molecule has 3 heteroatoms. The van der Waals surface area contributed by atoms with Crippen molar-refractivity contribution in [1.29, 1.82) is 0 Å². The van der Waals surface area contributed by atoms with Gasteiger partial charge in [-0.15, -0.1) is 0 Å². The lowest BCUT2D eigenvalue weighted by Crippen LogP contribution is -2.18. The Labute approximate surface area is 170 Å². The largest absolute Gasteiger partial charge is 0.493 e. The van der Waals surface area contributed by atoms with Crippen LogP contribution >= 0.6 is 0 Å². The van der Waals surface area contributed by atoms with Gasteiger partial charge in [-0.1, -0.05) is 68.1 Å². The molecule has 3 nitrogen and oxygen atoms in total. The van der Waals surface area contributed by atoms with Gasteiger partial charge >= 0.3 is 0 Å². The number of methoxy groups -OCH3 is 1. The summed E-state index contributed by atoms with van der Waals surface area (Å²) in [5.41, 5.74) is 3.53. The predicted molar refractivity (Wildman–Crippen MR) is 119 cm³/mol. The Morgan fingerprint density at radius 2 is 1.93 bits per heavy atom. The Kier molecular flexibility index (Phi) is 9.20. The van der Waals surface area contributed by atoms with E-state index >= 15 is 0 Å². The molecule has 1 aliphatic carbocycles. The maximum atomic E-state index is 5.84. The number of hydrogen-bond acceptors (Lipinski definition) is 3. The zero-order valence-electron chi connectivity index (χ0n) is 17.4. The summed E-state index contributed by atoms with van der Waals surface area (Å²) in [6, 6.07) is 15.8. The van der Waals surface area contributed by atoms with Gasteiger partial charge in [-0.05, 0) is 43.2 Å². The molecule has 3 rings (SSSR count). The number of nitrogens with one attached hydrogen (secondary N) is 1. The van der Waals surface area contributed by atoms with Gasteiger partial charge < -0.3 is 14.8 Å². The van der Waals surface area contributed by atoms with Gasteiger partial charge in [-0.3, -0.25) is 0 Å². The summed E-state index contributed by atoms with van der Waals surface area (Å²) in [5, 5.41) is 3.27. The molecule has 2 aromatic rings. The quantitative estimate of drug-likeness (QED) is 0.620. The third-order valence-corrected chi connectivity index (χ3v) is 5.02. The van der Waals surface area contributed by atoms with Crippen LogP contribution in [-0.4, -0.2) is 14.2 Å². The van der Waals surface area contributed by atoms with Crippen LogP contribution in [0.3, 0.4) is 0 Å². The van der Waals surface area contributed by atoms with E-state index < -0.39 is 0 Å². The van der Waals surface area contributed by atoms with E-state index in [4.69, 9.17) is 9.47 Å². The van der Waals surface area contributed by atoms with Crippen molar-refractivity contribution < 1.29 is 9.47 Å². The molecule has 1 unspecified atom stereocenters. The van der Waals surface area contributed by atoms with Gasteiger partial charge in [0.15, 0.2) is 11.5 Å². The molecule has 150 valence electrons. The fourth-order valence-electron chi connectivity index (χ4n) is 3.41. The minimum Gasteiger partial charge on any atom is -0.493 e. The van der Waals surface area contributed by atoms with Crippen LogP contribution in [0.15, 0.2) is 66.9 Å². The second-order valence-corrected chi connectivity index (χ2v) is 6.80. The number of allylic oxidation sites excluding steroid dienone is 2. The monoisotopic (exact) mass is 379 g/mol. The summed E-state index contributed by atoms with van der Waals surface area (Å²) in [7, 11) is 3.66. The van der Waals surface area contributed by atoms with Crippen LogP contribution in [-0.2, 0) is 6.61 Å². The van der Waals surface area contributed by atoms with Gasteiger partial charge in [-0.25, -0.2) is 0 Å². The molecule has 2 aromatic carbocycles. The number of rotatable bonds is 7. The molecule has 28 heavy (non-hydrogen) atoms. The molecule has 1 atom stereocenters. The summed E-state index contributed by atoms with van der Waals surface area (Å²) in [6.07, 6.45) is 9.42. The van der Waals surface area contributed by atoms with Crippen LogP contribution in [0.4, 0.5) is 0 Å². The zero-order valence-corrected chi connectivity index (χ0v) is 17.4. The van der Waals surface area contributed by atoms with E-state index in [2.05, 4.69) is 24.9 Å². The molecule has 0 aliphatic heterocycles. The van der Waals surface area contributed by atoms with Crippen molar-refractivity contribution >= 4 is 6.08 Å². The highest BCUT2D eigenvalue weighted by Gasteiger charge is 2.13. The highest BCUT2D eigenvalue weighted by molar-refractivity contribution is 5.61. The first-order valence-corrected chi connectivity index (χ1v) is 10.1. The highest BCUT2D eigenvalue weighted by Crippen LogP contribution is 2.32. The molecule has 1 aliphatic rings. The van der Waals surface area contributed by atoms with Crippen molar-refractivity contribution in [3.63, 3.8) is 0 Å². The first-order chi connectivity index (χ1) is 13.7. The van der Waals surface area contributed by atoms with Crippen LogP contribution in [0.1, 0.15) is 43.7 Å². The molecular weight excluding hydrogens is 346 g/mol. The summed E-state index contributed by atoms with van der Waals surface area (Å²) >= 11 is 0. The molecule has 0 aromatic heterocycles. The first-order valence-electron chi connectivity index (χ1n) is 10.1. The predicted octanol–water partition coefficient (Wildman–Crippen LogP) is 6.22. The van der Waals surface area contributed by atoms with Crippen molar-refractivity contribution in [3.05, 3.63) is 78.0 Å². The van der Waals surface area contributed by atoms with E-state index in [-0.39, 0.29) is 0 Å². The number of hydrogen-bond donors (Lipinski definition) is 1. The van der Waals surface area contributed by atoms with Crippen LogP contribution in [0.25, 0.3) is 6.08 Å². The molecule has 0 radical (unpaired) electrons. The summed E-state index contributed by atoms with van der Waals surface area (Å²) in [4.78, 5) is 0. The molecule has 0 spiro atoms. The highest BCUT2D eigenvalue weighted by atomic mass is 16.5. The summed E-state index contributed by atoms with van der Waals surface area (Å²) in [5.74, 6) is 2.28. The van der Waals surface area contributed by atoms with Gasteiger partial charge in [0.05, 0.1) is 7.11 Å². The SMILES string of the molecule is C=Cc1cccc(OC)c1OCc1ccccc1.CCC1CCCC=C1NC. The van der Waals surface area contributed by atoms with Crippen LogP contribution < -0.4 is 14.8 Å². The van der Waals surface area contributed by atoms with E-state index in [0.717, 1.165) is 28.5 Å². The van der Waals surface area contributed by atoms with E-state index in [1.807, 2.05) is 55.6 Å². The van der Waals surface area contributed by atoms with Crippen LogP contribution in [0.2, 0.25) is 0 Å². The average Bonchev–Trinajstić information content (AvgIpc) is 2.78. The van der Waals surface area contributed by atoms with Crippen molar-refractivity contribution in [1.82, 2.24) is 5.32 Å². The fraction of sp³-hybridized carbons (Fsp3) is 0.360. The van der Waals surface area contributed by atoms with Gasteiger partial charge in [0.25, 0.3) is 0 Å². The maximum Gasteiger partial charge on any atom is 0.168 e. The summed E-state index contributed by atoms with van der Waals surface area (Å²) < 4.78 is 11.1. The Balaban J connectivity index is 0.000000237. The van der Waals surface area contributed by atoms with Crippen molar-refractivity contribution in [2.24, 2.45) is 5.92 Å². The number of benzene rings is 2. The smallest absolute Gasteiger partial charge is 0.168 e. The van der Waals surface area contributed by atoms with E-state index in [9.17, 15) is 0 Å². The van der Waals surface area contributed by atoms with Crippen molar-refractivity contribution in [2.75, 3.05) is 14.2 Å². The van der Waals surface area contributed by atoms with Crippen LogP contribution in [0, 0.1) is 5.92 Å². The molecule has 0 saturated heterocycles. The minimum absolute atomic E-state index is 0.516. The second-order valence-electron chi connectivity index (χ2n) is 6.80. The maximum absolute atomic E-state index is 5.84. The van der Waals surface area contributed by atoms with E-state index in [0.29, 0.717) is 6.61 Å².